The van der Waals surface area contributed by atoms with Crippen LogP contribution in [0.2, 0.25) is 0 Å². The summed E-state index contributed by atoms with van der Waals surface area (Å²) >= 11 is 5.82. The first-order valence-corrected chi connectivity index (χ1v) is 8.67. The molecule has 1 aliphatic heterocycles. The monoisotopic (exact) mass is 383 g/mol. The lowest BCUT2D eigenvalue weighted by Gasteiger charge is -2.22. The van der Waals surface area contributed by atoms with Crippen molar-refractivity contribution in [2.45, 2.75) is 45.0 Å². The number of alkyl halides is 1. The first-order chi connectivity index (χ1) is 11.6. The van der Waals surface area contributed by atoms with Gasteiger partial charge >= 0.3 is 0 Å². The second-order valence-corrected chi connectivity index (χ2v) is 6.19. The standard InChI is InChI=1S/C17H22ClN5O.ClH/c1-2-3-4-13-20-15(19)14-16(21-13)23(17(24)22-14)10-12-7-5-11(9-18)6-8-12;/h5-8,17,22,24H,2-4,9-10H2,1H3,(H2,19,20,21);1H. The molecule has 1 unspecified atom stereocenters. The van der Waals surface area contributed by atoms with Crippen LogP contribution in [0.5, 0.6) is 0 Å². The Morgan fingerprint density at radius 3 is 2.56 bits per heavy atom. The van der Waals surface area contributed by atoms with E-state index in [-0.39, 0.29) is 12.4 Å². The number of fused-ring (bicyclic) bond motifs is 1. The summed E-state index contributed by atoms with van der Waals surface area (Å²) in [6.45, 7) is 2.65. The molecule has 0 spiro atoms. The Bertz CT molecular complexity index is 711. The van der Waals surface area contributed by atoms with Gasteiger partial charge in [0.1, 0.15) is 11.5 Å². The number of unbranched alkanes of at least 4 members (excludes halogenated alkanes) is 1. The molecule has 0 radical (unpaired) electrons. The molecule has 25 heavy (non-hydrogen) atoms. The van der Waals surface area contributed by atoms with Gasteiger partial charge < -0.3 is 21.1 Å². The maximum atomic E-state index is 10.3. The molecule has 1 aliphatic rings. The van der Waals surface area contributed by atoms with E-state index >= 15 is 0 Å². The van der Waals surface area contributed by atoms with Crippen molar-refractivity contribution < 1.29 is 5.11 Å². The lowest BCUT2D eigenvalue weighted by atomic mass is 10.1. The largest absolute Gasteiger partial charge is 0.382 e. The highest BCUT2D eigenvalue weighted by Crippen LogP contribution is 2.36. The zero-order valence-electron chi connectivity index (χ0n) is 14.1. The molecule has 4 N–H and O–H groups in total. The minimum atomic E-state index is -0.870. The lowest BCUT2D eigenvalue weighted by Crippen LogP contribution is -2.35. The average molecular weight is 384 g/mol. The van der Waals surface area contributed by atoms with Crippen LogP contribution in [0.1, 0.15) is 36.7 Å². The van der Waals surface area contributed by atoms with Crippen LogP contribution in [0.4, 0.5) is 17.3 Å². The number of aliphatic hydroxyl groups excluding tert-OH is 1. The van der Waals surface area contributed by atoms with E-state index in [0.717, 1.165) is 30.4 Å². The number of nitrogens with one attached hydrogen (secondary N) is 1. The van der Waals surface area contributed by atoms with Crippen LogP contribution in [0.15, 0.2) is 24.3 Å². The molecular formula is C17H23Cl2N5O. The number of anilines is 3. The molecule has 0 amide bonds. The third-order valence-electron chi connectivity index (χ3n) is 4.09. The fourth-order valence-electron chi connectivity index (χ4n) is 2.72. The van der Waals surface area contributed by atoms with Gasteiger partial charge in [-0.2, -0.15) is 0 Å². The zero-order chi connectivity index (χ0) is 17.1. The van der Waals surface area contributed by atoms with Crippen molar-refractivity contribution in [1.82, 2.24) is 9.97 Å². The van der Waals surface area contributed by atoms with E-state index in [9.17, 15) is 5.11 Å². The van der Waals surface area contributed by atoms with Crippen molar-refractivity contribution in [1.29, 1.82) is 0 Å². The van der Waals surface area contributed by atoms with Crippen molar-refractivity contribution in [2.24, 2.45) is 0 Å². The van der Waals surface area contributed by atoms with Crippen LogP contribution in [0, 0.1) is 0 Å². The predicted molar refractivity (Wildman–Crippen MR) is 104 cm³/mol. The normalized spacial score (nSPS) is 15.5. The molecule has 2 heterocycles. The van der Waals surface area contributed by atoms with Gasteiger partial charge in [0.2, 0.25) is 6.35 Å². The van der Waals surface area contributed by atoms with E-state index in [2.05, 4.69) is 22.2 Å². The molecular weight excluding hydrogens is 361 g/mol. The number of aryl methyl sites for hydroxylation is 1. The van der Waals surface area contributed by atoms with Gasteiger partial charge in [0.15, 0.2) is 11.6 Å². The number of hydrogen-bond donors (Lipinski definition) is 3. The average Bonchev–Trinajstić information content (AvgIpc) is 2.90. The molecule has 1 aromatic heterocycles. The molecule has 2 aromatic rings. The van der Waals surface area contributed by atoms with Gasteiger partial charge in [-0.25, -0.2) is 9.97 Å². The Morgan fingerprint density at radius 2 is 1.92 bits per heavy atom. The Kier molecular flexibility index (Phi) is 6.70. The maximum Gasteiger partial charge on any atom is 0.207 e. The van der Waals surface area contributed by atoms with Crippen molar-refractivity contribution in [3.63, 3.8) is 0 Å². The summed E-state index contributed by atoms with van der Waals surface area (Å²) in [6.07, 6.45) is 1.99. The van der Waals surface area contributed by atoms with E-state index < -0.39 is 6.35 Å². The molecule has 1 aromatic carbocycles. The summed E-state index contributed by atoms with van der Waals surface area (Å²) in [6, 6.07) is 7.98. The zero-order valence-corrected chi connectivity index (χ0v) is 15.6. The van der Waals surface area contributed by atoms with Crippen molar-refractivity contribution >= 4 is 41.3 Å². The van der Waals surface area contributed by atoms with Crippen molar-refractivity contribution in [3.8, 4) is 0 Å². The number of aromatic nitrogens is 2. The van der Waals surface area contributed by atoms with Gasteiger partial charge in [0.25, 0.3) is 0 Å². The molecule has 6 nitrogen and oxygen atoms in total. The lowest BCUT2D eigenvalue weighted by molar-refractivity contribution is 0.201. The Morgan fingerprint density at radius 1 is 1.24 bits per heavy atom. The quantitative estimate of drug-likeness (QED) is 0.663. The molecule has 0 saturated heterocycles. The summed E-state index contributed by atoms with van der Waals surface area (Å²) in [7, 11) is 0. The Labute approximate surface area is 158 Å². The summed E-state index contributed by atoms with van der Waals surface area (Å²) in [5.41, 5.74) is 8.76. The number of aliphatic hydroxyl groups is 1. The van der Waals surface area contributed by atoms with Crippen LogP contribution in [-0.2, 0) is 18.8 Å². The van der Waals surface area contributed by atoms with E-state index in [1.54, 1.807) is 4.90 Å². The van der Waals surface area contributed by atoms with Crippen LogP contribution in [0.3, 0.4) is 0 Å². The minimum Gasteiger partial charge on any atom is -0.382 e. The van der Waals surface area contributed by atoms with E-state index in [0.29, 0.717) is 35.6 Å². The Balaban J connectivity index is 0.00000225. The summed E-state index contributed by atoms with van der Waals surface area (Å²) in [5.74, 6) is 2.24. The molecule has 136 valence electrons. The van der Waals surface area contributed by atoms with Gasteiger partial charge in [0.05, 0.1) is 0 Å². The first-order valence-electron chi connectivity index (χ1n) is 8.13. The molecule has 0 aliphatic carbocycles. The van der Waals surface area contributed by atoms with Crippen LogP contribution in [-0.4, -0.2) is 21.4 Å². The predicted octanol–water partition coefficient (Wildman–Crippen LogP) is 3.27. The third-order valence-corrected chi connectivity index (χ3v) is 4.40. The fraction of sp³-hybridized carbons (Fsp3) is 0.412. The third kappa shape index (κ3) is 4.26. The summed E-state index contributed by atoms with van der Waals surface area (Å²) in [5, 5.41) is 13.3. The van der Waals surface area contributed by atoms with Gasteiger partial charge in [-0.3, -0.25) is 0 Å². The second-order valence-electron chi connectivity index (χ2n) is 5.92. The summed E-state index contributed by atoms with van der Waals surface area (Å²) in [4.78, 5) is 10.7. The second kappa shape index (κ2) is 8.56. The number of halogens is 2. The number of nitrogens with two attached hydrogens (primary N) is 1. The van der Waals surface area contributed by atoms with E-state index in [1.807, 2.05) is 24.3 Å². The highest BCUT2D eigenvalue weighted by atomic mass is 35.5. The molecule has 0 bridgehead atoms. The van der Waals surface area contributed by atoms with Gasteiger partial charge in [-0.05, 0) is 17.5 Å². The number of nitrogen functional groups attached to an aromatic ring is 1. The Hall–Kier alpha value is -1.76. The number of hydrogen-bond acceptors (Lipinski definition) is 6. The van der Waals surface area contributed by atoms with Crippen LogP contribution >= 0.6 is 24.0 Å². The van der Waals surface area contributed by atoms with Crippen molar-refractivity contribution in [2.75, 3.05) is 16.0 Å². The molecule has 3 rings (SSSR count). The van der Waals surface area contributed by atoms with E-state index in [1.165, 1.54) is 0 Å². The van der Waals surface area contributed by atoms with Gasteiger partial charge in [-0.15, -0.1) is 24.0 Å². The highest BCUT2D eigenvalue weighted by Gasteiger charge is 2.31. The smallest absolute Gasteiger partial charge is 0.207 e. The summed E-state index contributed by atoms with van der Waals surface area (Å²) < 4.78 is 0. The van der Waals surface area contributed by atoms with Gasteiger partial charge in [0, 0.05) is 18.8 Å². The molecule has 0 saturated carbocycles. The van der Waals surface area contributed by atoms with E-state index in [4.69, 9.17) is 17.3 Å². The number of benzene rings is 1. The first kappa shape index (κ1) is 19.6. The maximum absolute atomic E-state index is 10.3. The number of rotatable bonds is 6. The highest BCUT2D eigenvalue weighted by molar-refractivity contribution is 6.17. The molecule has 0 fully saturated rings. The minimum absolute atomic E-state index is 0. The molecule has 8 heteroatoms. The van der Waals surface area contributed by atoms with Crippen molar-refractivity contribution in [3.05, 3.63) is 41.2 Å². The SMILES string of the molecule is CCCCc1nc(N)c2c(n1)N(Cc1ccc(CCl)cc1)C(O)N2.Cl. The van der Waals surface area contributed by atoms with Gasteiger partial charge in [-0.1, -0.05) is 37.6 Å². The fourth-order valence-corrected chi connectivity index (χ4v) is 2.90. The topological polar surface area (TPSA) is 87.3 Å². The van der Waals surface area contributed by atoms with Crippen LogP contribution in [0.25, 0.3) is 0 Å². The number of nitrogens with zero attached hydrogens (tertiary/aromatic N) is 3. The molecule has 1 atom stereocenters. The van der Waals surface area contributed by atoms with Crippen LogP contribution < -0.4 is 16.0 Å².